The molecule has 1 aromatic rings. The largest absolute Gasteiger partial charge is 0.383 e. The SMILES string of the molecule is CCNC(C)c1ccc(NC(C)C)cc1. The molecule has 0 fully saturated rings. The summed E-state index contributed by atoms with van der Waals surface area (Å²) in [7, 11) is 0. The molecule has 0 spiro atoms. The van der Waals surface area contributed by atoms with Gasteiger partial charge in [-0.25, -0.2) is 0 Å². The molecule has 0 aromatic heterocycles. The zero-order valence-corrected chi connectivity index (χ0v) is 10.2. The average Bonchev–Trinajstić information content (AvgIpc) is 2.18. The van der Waals surface area contributed by atoms with Crippen molar-refractivity contribution in [2.75, 3.05) is 11.9 Å². The molecule has 0 heterocycles. The van der Waals surface area contributed by atoms with Crippen molar-refractivity contribution in [2.24, 2.45) is 0 Å². The van der Waals surface area contributed by atoms with Crippen LogP contribution in [0.25, 0.3) is 0 Å². The molecule has 0 saturated carbocycles. The van der Waals surface area contributed by atoms with Crippen molar-refractivity contribution in [3.63, 3.8) is 0 Å². The van der Waals surface area contributed by atoms with Crippen molar-refractivity contribution < 1.29 is 0 Å². The van der Waals surface area contributed by atoms with Gasteiger partial charge >= 0.3 is 0 Å². The monoisotopic (exact) mass is 206 g/mol. The molecular weight excluding hydrogens is 184 g/mol. The molecule has 0 aliphatic rings. The van der Waals surface area contributed by atoms with E-state index < -0.39 is 0 Å². The van der Waals surface area contributed by atoms with E-state index in [9.17, 15) is 0 Å². The predicted molar refractivity (Wildman–Crippen MR) is 67.3 cm³/mol. The fraction of sp³-hybridized carbons (Fsp3) is 0.538. The van der Waals surface area contributed by atoms with Gasteiger partial charge in [0.2, 0.25) is 0 Å². The van der Waals surface area contributed by atoms with Gasteiger partial charge in [-0.15, -0.1) is 0 Å². The molecule has 1 unspecified atom stereocenters. The summed E-state index contributed by atoms with van der Waals surface area (Å²) in [5, 5.41) is 6.78. The third-order valence-corrected chi connectivity index (χ3v) is 2.38. The fourth-order valence-corrected chi connectivity index (χ4v) is 1.63. The van der Waals surface area contributed by atoms with Gasteiger partial charge in [-0.3, -0.25) is 0 Å². The van der Waals surface area contributed by atoms with Gasteiger partial charge in [0.15, 0.2) is 0 Å². The van der Waals surface area contributed by atoms with Crippen molar-refractivity contribution >= 4 is 5.69 Å². The Hall–Kier alpha value is -1.02. The minimum absolute atomic E-state index is 0.433. The van der Waals surface area contributed by atoms with Crippen LogP contribution in [-0.4, -0.2) is 12.6 Å². The second kappa shape index (κ2) is 5.76. The van der Waals surface area contributed by atoms with Crippen LogP contribution in [0, 0.1) is 0 Å². The van der Waals surface area contributed by atoms with E-state index in [-0.39, 0.29) is 0 Å². The molecule has 15 heavy (non-hydrogen) atoms. The lowest BCUT2D eigenvalue weighted by molar-refractivity contribution is 0.598. The van der Waals surface area contributed by atoms with E-state index in [0.717, 1.165) is 6.54 Å². The van der Waals surface area contributed by atoms with Crippen LogP contribution >= 0.6 is 0 Å². The molecular formula is C13H22N2. The van der Waals surface area contributed by atoms with Crippen molar-refractivity contribution in [1.29, 1.82) is 0 Å². The molecule has 0 radical (unpaired) electrons. The Morgan fingerprint density at radius 3 is 2.13 bits per heavy atom. The van der Waals surface area contributed by atoms with Crippen LogP contribution in [-0.2, 0) is 0 Å². The van der Waals surface area contributed by atoms with E-state index >= 15 is 0 Å². The van der Waals surface area contributed by atoms with Crippen LogP contribution in [0.4, 0.5) is 5.69 Å². The first-order valence-electron chi connectivity index (χ1n) is 5.73. The van der Waals surface area contributed by atoms with E-state index in [0.29, 0.717) is 12.1 Å². The highest BCUT2D eigenvalue weighted by Gasteiger charge is 2.03. The quantitative estimate of drug-likeness (QED) is 0.773. The van der Waals surface area contributed by atoms with E-state index in [1.165, 1.54) is 11.3 Å². The Morgan fingerprint density at radius 2 is 1.67 bits per heavy atom. The minimum atomic E-state index is 0.433. The van der Waals surface area contributed by atoms with Gasteiger partial charge in [-0.2, -0.15) is 0 Å². The smallest absolute Gasteiger partial charge is 0.0342 e. The molecule has 1 rings (SSSR count). The Bertz CT molecular complexity index is 277. The number of hydrogen-bond donors (Lipinski definition) is 2. The molecule has 1 atom stereocenters. The maximum Gasteiger partial charge on any atom is 0.0342 e. The molecule has 0 aliphatic carbocycles. The summed E-state index contributed by atoms with van der Waals surface area (Å²) in [5.41, 5.74) is 2.53. The molecule has 84 valence electrons. The van der Waals surface area contributed by atoms with Gasteiger partial charge in [0, 0.05) is 17.8 Å². The van der Waals surface area contributed by atoms with Crippen molar-refractivity contribution in [3.8, 4) is 0 Å². The lowest BCUT2D eigenvalue weighted by Gasteiger charge is -2.14. The third kappa shape index (κ3) is 3.92. The zero-order chi connectivity index (χ0) is 11.3. The molecule has 2 N–H and O–H groups in total. The van der Waals surface area contributed by atoms with Crippen LogP contribution in [0.1, 0.15) is 39.3 Å². The summed E-state index contributed by atoms with van der Waals surface area (Å²) in [6.45, 7) is 9.62. The number of rotatable bonds is 5. The first kappa shape index (κ1) is 12.1. The van der Waals surface area contributed by atoms with Crippen LogP contribution in [0.15, 0.2) is 24.3 Å². The van der Waals surface area contributed by atoms with Crippen molar-refractivity contribution in [2.45, 2.75) is 39.8 Å². The summed E-state index contributed by atoms with van der Waals surface area (Å²) < 4.78 is 0. The highest BCUT2D eigenvalue weighted by Crippen LogP contribution is 2.16. The highest BCUT2D eigenvalue weighted by molar-refractivity contribution is 5.45. The molecule has 0 aliphatic heterocycles. The summed E-state index contributed by atoms with van der Waals surface area (Å²) in [4.78, 5) is 0. The third-order valence-electron chi connectivity index (χ3n) is 2.38. The fourth-order valence-electron chi connectivity index (χ4n) is 1.63. The average molecular weight is 206 g/mol. The highest BCUT2D eigenvalue weighted by atomic mass is 14.9. The number of benzene rings is 1. The van der Waals surface area contributed by atoms with Gasteiger partial charge in [0.25, 0.3) is 0 Å². The Balaban J connectivity index is 2.63. The summed E-state index contributed by atoms with van der Waals surface area (Å²) >= 11 is 0. The van der Waals surface area contributed by atoms with Crippen LogP contribution in [0.3, 0.4) is 0 Å². The topological polar surface area (TPSA) is 24.1 Å². The van der Waals surface area contributed by atoms with Gasteiger partial charge in [0.05, 0.1) is 0 Å². The summed E-state index contributed by atoms with van der Waals surface area (Å²) in [5.74, 6) is 0. The number of nitrogens with one attached hydrogen (secondary N) is 2. The molecule has 2 heteroatoms. The van der Waals surface area contributed by atoms with Gasteiger partial charge in [-0.1, -0.05) is 19.1 Å². The van der Waals surface area contributed by atoms with Crippen LogP contribution in [0.2, 0.25) is 0 Å². The first-order valence-corrected chi connectivity index (χ1v) is 5.73. The zero-order valence-electron chi connectivity index (χ0n) is 10.2. The van der Waals surface area contributed by atoms with E-state index in [4.69, 9.17) is 0 Å². The van der Waals surface area contributed by atoms with E-state index in [2.05, 4.69) is 62.6 Å². The van der Waals surface area contributed by atoms with E-state index in [1.807, 2.05) is 0 Å². The van der Waals surface area contributed by atoms with Gasteiger partial charge in [-0.05, 0) is 45.0 Å². The maximum atomic E-state index is 3.40. The lowest BCUT2D eigenvalue weighted by atomic mass is 10.1. The predicted octanol–water partition coefficient (Wildman–Crippen LogP) is 3.18. The molecule has 0 saturated heterocycles. The maximum absolute atomic E-state index is 3.40. The summed E-state index contributed by atoms with van der Waals surface area (Å²) in [6, 6.07) is 9.56. The summed E-state index contributed by atoms with van der Waals surface area (Å²) in [6.07, 6.45) is 0. The second-order valence-corrected chi connectivity index (χ2v) is 4.20. The van der Waals surface area contributed by atoms with E-state index in [1.54, 1.807) is 0 Å². The van der Waals surface area contributed by atoms with Gasteiger partial charge < -0.3 is 10.6 Å². The van der Waals surface area contributed by atoms with Gasteiger partial charge in [0.1, 0.15) is 0 Å². The number of hydrogen-bond acceptors (Lipinski definition) is 2. The lowest BCUT2D eigenvalue weighted by Crippen LogP contribution is -2.17. The van der Waals surface area contributed by atoms with Crippen molar-refractivity contribution in [1.82, 2.24) is 5.32 Å². The Morgan fingerprint density at radius 1 is 1.07 bits per heavy atom. The Labute approximate surface area is 93.1 Å². The standard InChI is InChI=1S/C13H22N2/c1-5-14-11(4)12-6-8-13(9-7-12)15-10(2)3/h6-11,14-15H,5H2,1-4H3. The number of anilines is 1. The molecule has 0 bridgehead atoms. The molecule has 1 aromatic carbocycles. The van der Waals surface area contributed by atoms with Crippen LogP contribution < -0.4 is 10.6 Å². The van der Waals surface area contributed by atoms with Crippen LogP contribution in [0.5, 0.6) is 0 Å². The normalized spacial score (nSPS) is 12.9. The molecule has 0 amide bonds. The molecule has 2 nitrogen and oxygen atoms in total. The minimum Gasteiger partial charge on any atom is -0.383 e. The Kier molecular flexibility index (Phi) is 4.63. The van der Waals surface area contributed by atoms with Crippen molar-refractivity contribution in [3.05, 3.63) is 29.8 Å². The first-order chi connectivity index (χ1) is 7.13. The second-order valence-electron chi connectivity index (χ2n) is 4.20.